The Kier molecular flexibility index (Phi) is 4.31. The number of rotatable bonds is 3. The Morgan fingerprint density at radius 1 is 1.00 bits per heavy atom. The first-order valence-electron chi connectivity index (χ1n) is 7.54. The maximum atomic E-state index is 12.1. The van der Waals surface area contributed by atoms with E-state index in [-0.39, 0.29) is 18.1 Å². The Morgan fingerprint density at radius 3 is 2.48 bits per heavy atom. The van der Waals surface area contributed by atoms with Crippen LogP contribution in [-0.2, 0) is 14.3 Å². The Hall–Kier alpha value is -1.72. The topological polar surface area (TPSA) is 67.4 Å². The molecule has 1 unspecified atom stereocenters. The summed E-state index contributed by atoms with van der Waals surface area (Å²) < 4.78 is 5.00. The first-order chi connectivity index (χ1) is 10.2. The van der Waals surface area contributed by atoms with Gasteiger partial charge in [0.1, 0.15) is 12.1 Å². The van der Waals surface area contributed by atoms with E-state index in [1.54, 1.807) is 0 Å². The van der Waals surface area contributed by atoms with E-state index in [0.717, 1.165) is 31.4 Å². The van der Waals surface area contributed by atoms with Crippen LogP contribution >= 0.6 is 0 Å². The number of nitrogens with one attached hydrogen (secondary N) is 2. The van der Waals surface area contributed by atoms with Crippen molar-refractivity contribution in [1.82, 2.24) is 10.6 Å². The third-order valence-electron chi connectivity index (χ3n) is 4.18. The fourth-order valence-corrected chi connectivity index (χ4v) is 3.00. The lowest BCUT2D eigenvalue weighted by Crippen LogP contribution is -2.39. The zero-order valence-corrected chi connectivity index (χ0v) is 11.9. The minimum Gasteiger partial charge on any atom is -0.391 e. The summed E-state index contributed by atoms with van der Waals surface area (Å²) in [6, 6.07) is 9.47. The van der Waals surface area contributed by atoms with Gasteiger partial charge in [-0.05, 0) is 37.8 Å². The van der Waals surface area contributed by atoms with Gasteiger partial charge >= 0.3 is 11.9 Å². The molecule has 0 amide bonds. The SMILES string of the molecule is O=C(OC(=O)[C@@H]1CCC(c2ccccc2)N1)[C@@H]1CCCN1. The van der Waals surface area contributed by atoms with E-state index < -0.39 is 11.9 Å². The van der Waals surface area contributed by atoms with Crippen LogP contribution in [0.4, 0.5) is 0 Å². The smallest absolute Gasteiger partial charge is 0.330 e. The standard InChI is InChI=1S/C16H20N2O3/c19-15(13-7-4-10-17-13)21-16(20)14-9-8-12(18-14)11-5-2-1-3-6-11/h1-3,5-6,12-14,17-18H,4,7-10H2/t12?,13-,14-/m0/s1. The van der Waals surface area contributed by atoms with Crippen LogP contribution in [0.3, 0.4) is 0 Å². The van der Waals surface area contributed by atoms with Gasteiger partial charge in [-0.2, -0.15) is 0 Å². The minimum absolute atomic E-state index is 0.156. The van der Waals surface area contributed by atoms with Gasteiger partial charge in [-0.15, -0.1) is 0 Å². The average molecular weight is 288 g/mol. The van der Waals surface area contributed by atoms with Crippen molar-refractivity contribution in [2.75, 3.05) is 6.54 Å². The van der Waals surface area contributed by atoms with Crippen molar-refractivity contribution in [3.63, 3.8) is 0 Å². The molecular formula is C16H20N2O3. The van der Waals surface area contributed by atoms with Gasteiger partial charge in [-0.3, -0.25) is 5.32 Å². The summed E-state index contributed by atoms with van der Waals surface area (Å²) in [5.41, 5.74) is 1.16. The van der Waals surface area contributed by atoms with E-state index in [1.807, 2.05) is 30.3 Å². The lowest BCUT2D eigenvalue weighted by atomic mass is 10.1. The van der Waals surface area contributed by atoms with E-state index in [9.17, 15) is 9.59 Å². The van der Waals surface area contributed by atoms with Gasteiger partial charge in [-0.1, -0.05) is 30.3 Å². The lowest BCUT2D eigenvalue weighted by molar-refractivity contribution is -0.162. The first kappa shape index (κ1) is 14.2. The van der Waals surface area contributed by atoms with Gasteiger partial charge in [0.05, 0.1) is 0 Å². The zero-order valence-electron chi connectivity index (χ0n) is 11.9. The lowest BCUT2D eigenvalue weighted by Gasteiger charge is -2.15. The zero-order chi connectivity index (χ0) is 14.7. The van der Waals surface area contributed by atoms with Gasteiger partial charge in [0, 0.05) is 6.04 Å². The molecule has 0 aromatic heterocycles. The van der Waals surface area contributed by atoms with Crippen LogP contribution in [0.5, 0.6) is 0 Å². The van der Waals surface area contributed by atoms with E-state index in [4.69, 9.17) is 4.74 Å². The molecule has 0 bridgehead atoms. The summed E-state index contributed by atoms with van der Waals surface area (Å²) in [6.07, 6.45) is 3.27. The molecule has 0 spiro atoms. The highest BCUT2D eigenvalue weighted by molar-refractivity contribution is 5.91. The van der Waals surface area contributed by atoms with Crippen LogP contribution in [0, 0.1) is 0 Å². The van der Waals surface area contributed by atoms with Crippen LogP contribution in [0.1, 0.15) is 37.3 Å². The summed E-state index contributed by atoms with van der Waals surface area (Å²) >= 11 is 0. The molecule has 0 aliphatic carbocycles. The fraction of sp³-hybridized carbons (Fsp3) is 0.500. The number of esters is 2. The third-order valence-corrected chi connectivity index (χ3v) is 4.18. The predicted molar refractivity (Wildman–Crippen MR) is 77.5 cm³/mol. The summed E-state index contributed by atoms with van der Waals surface area (Å²) in [5.74, 6) is -0.894. The quantitative estimate of drug-likeness (QED) is 0.648. The molecule has 1 aromatic carbocycles. The van der Waals surface area contributed by atoms with Crippen molar-refractivity contribution in [1.29, 1.82) is 0 Å². The van der Waals surface area contributed by atoms with Gasteiger partial charge < -0.3 is 10.1 Å². The Bertz CT molecular complexity index is 512. The molecule has 5 nitrogen and oxygen atoms in total. The molecule has 2 N–H and O–H groups in total. The van der Waals surface area contributed by atoms with Crippen LogP contribution in [0.25, 0.3) is 0 Å². The van der Waals surface area contributed by atoms with Gasteiger partial charge in [0.25, 0.3) is 0 Å². The predicted octanol–water partition coefficient (Wildman–Crippen LogP) is 1.30. The van der Waals surface area contributed by atoms with Gasteiger partial charge in [0.2, 0.25) is 0 Å². The number of hydrogen-bond donors (Lipinski definition) is 2. The van der Waals surface area contributed by atoms with Gasteiger partial charge in [-0.25, -0.2) is 9.59 Å². The van der Waals surface area contributed by atoms with E-state index in [1.165, 1.54) is 0 Å². The minimum atomic E-state index is -0.452. The molecule has 5 heteroatoms. The summed E-state index contributed by atoms with van der Waals surface area (Å²) in [5, 5.41) is 6.30. The number of ether oxygens (including phenoxy) is 1. The van der Waals surface area contributed by atoms with Crippen molar-refractivity contribution in [3.8, 4) is 0 Å². The maximum absolute atomic E-state index is 12.1. The molecule has 2 heterocycles. The number of carbonyl (C=O) groups excluding carboxylic acids is 2. The molecule has 0 saturated carbocycles. The second kappa shape index (κ2) is 6.37. The maximum Gasteiger partial charge on any atom is 0.330 e. The second-order valence-electron chi connectivity index (χ2n) is 5.65. The van der Waals surface area contributed by atoms with E-state index in [2.05, 4.69) is 10.6 Å². The van der Waals surface area contributed by atoms with Crippen molar-refractivity contribution in [2.24, 2.45) is 0 Å². The largest absolute Gasteiger partial charge is 0.391 e. The van der Waals surface area contributed by atoms with Crippen molar-refractivity contribution < 1.29 is 14.3 Å². The number of benzene rings is 1. The molecule has 21 heavy (non-hydrogen) atoms. The fourth-order valence-electron chi connectivity index (χ4n) is 3.00. The number of hydrogen-bond acceptors (Lipinski definition) is 5. The van der Waals surface area contributed by atoms with E-state index in [0.29, 0.717) is 6.42 Å². The summed E-state index contributed by atoms with van der Waals surface area (Å²) in [6.45, 7) is 0.811. The number of carbonyl (C=O) groups is 2. The molecular weight excluding hydrogens is 268 g/mol. The molecule has 3 atom stereocenters. The van der Waals surface area contributed by atoms with E-state index >= 15 is 0 Å². The molecule has 3 rings (SSSR count). The molecule has 0 radical (unpaired) electrons. The highest BCUT2D eigenvalue weighted by atomic mass is 16.6. The molecule has 2 aliphatic rings. The normalized spacial score (nSPS) is 28.5. The Morgan fingerprint density at radius 2 is 1.76 bits per heavy atom. The molecule has 2 saturated heterocycles. The van der Waals surface area contributed by atoms with Crippen molar-refractivity contribution >= 4 is 11.9 Å². The highest BCUT2D eigenvalue weighted by Crippen LogP contribution is 2.26. The van der Waals surface area contributed by atoms with Crippen LogP contribution in [-0.4, -0.2) is 30.6 Å². The summed E-state index contributed by atoms with van der Waals surface area (Å²) in [4.78, 5) is 23.9. The van der Waals surface area contributed by atoms with Crippen LogP contribution in [0.2, 0.25) is 0 Å². The van der Waals surface area contributed by atoms with Gasteiger partial charge in [0.15, 0.2) is 0 Å². The Balaban J connectivity index is 1.53. The monoisotopic (exact) mass is 288 g/mol. The third kappa shape index (κ3) is 3.31. The Labute approximate surface area is 124 Å². The second-order valence-corrected chi connectivity index (χ2v) is 5.65. The molecule has 2 aliphatic heterocycles. The van der Waals surface area contributed by atoms with Crippen molar-refractivity contribution in [2.45, 2.75) is 43.8 Å². The molecule has 1 aromatic rings. The van der Waals surface area contributed by atoms with Crippen LogP contribution in [0.15, 0.2) is 30.3 Å². The highest BCUT2D eigenvalue weighted by Gasteiger charge is 2.34. The summed E-state index contributed by atoms with van der Waals surface area (Å²) in [7, 11) is 0. The van der Waals surface area contributed by atoms with Crippen molar-refractivity contribution in [3.05, 3.63) is 35.9 Å². The average Bonchev–Trinajstić information content (AvgIpc) is 3.20. The van der Waals surface area contributed by atoms with Crippen LogP contribution < -0.4 is 10.6 Å². The first-order valence-corrected chi connectivity index (χ1v) is 7.54. The molecule has 112 valence electrons. The molecule has 2 fully saturated rings.